The van der Waals surface area contributed by atoms with Crippen LogP contribution < -0.4 is 5.32 Å². The van der Waals surface area contributed by atoms with E-state index < -0.39 is 0 Å². The van der Waals surface area contributed by atoms with Crippen LogP contribution in [0.2, 0.25) is 0 Å². The summed E-state index contributed by atoms with van der Waals surface area (Å²) in [4.78, 5) is 2.65. The van der Waals surface area contributed by atoms with E-state index in [0.29, 0.717) is 6.04 Å². The second kappa shape index (κ2) is 4.43. The molecule has 1 atom stereocenters. The van der Waals surface area contributed by atoms with Gasteiger partial charge in [-0.15, -0.1) is 0 Å². The first-order chi connectivity index (χ1) is 6.34. The van der Waals surface area contributed by atoms with Gasteiger partial charge in [-0.25, -0.2) is 0 Å². The van der Waals surface area contributed by atoms with Crippen molar-refractivity contribution in [1.82, 2.24) is 10.2 Å². The lowest BCUT2D eigenvalue weighted by molar-refractivity contribution is 0.179. The highest BCUT2D eigenvalue weighted by atomic mass is 15.2. The van der Waals surface area contributed by atoms with Gasteiger partial charge in [-0.05, 0) is 25.7 Å². The Labute approximate surface area is 81.7 Å². The number of piperazine rings is 1. The van der Waals surface area contributed by atoms with Crippen molar-refractivity contribution in [2.45, 2.75) is 38.6 Å². The van der Waals surface area contributed by atoms with Gasteiger partial charge in [-0.2, -0.15) is 0 Å². The van der Waals surface area contributed by atoms with E-state index in [-0.39, 0.29) is 0 Å². The fourth-order valence-electron chi connectivity index (χ4n) is 2.74. The van der Waals surface area contributed by atoms with Crippen LogP contribution in [0, 0.1) is 5.92 Å². The summed E-state index contributed by atoms with van der Waals surface area (Å²) in [7, 11) is 0. The second-order valence-corrected chi connectivity index (χ2v) is 4.77. The normalized spacial score (nSPS) is 32.5. The molecule has 2 rings (SSSR count). The summed E-state index contributed by atoms with van der Waals surface area (Å²) < 4.78 is 0. The zero-order valence-corrected chi connectivity index (χ0v) is 8.76. The molecule has 0 aromatic rings. The average molecular weight is 182 g/mol. The topological polar surface area (TPSA) is 15.3 Å². The SMILES string of the molecule is CC1CN(CC2CCCC2)CCN1. The van der Waals surface area contributed by atoms with Crippen molar-refractivity contribution in [2.24, 2.45) is 5.92 Å². The minimum atomic E-state index is 0.704. The summed E-state index contributed by atoms with van der Waals surface area (Å²) in [5.74, 6) is 1.02. The van der Waals surface area contributed by atoms with Gasteiger partial charge in [0.25, 0.3) is 0 Å². The van der Waals surface area contributed by atoms with Gasteiger partial charge in [0.1, 0.15) is 0 Å². The molecule has 0 aromatic heterocycles. The molecule has 1 saturated carbocycles. The van der Waals surface area contributed by atoms with E-state index in [1.165, 1.54) is 51.9 Å². The Morgan fingerprint density at radius 1 is 1.31 bits per heavy atom. The lowest BCUT2D eigenvalue weighted by Gasteiger charge is -2.33. The average Bonchev–Trinajstić information content (AvgIpc) is 2.57. The molecule has 1 N–H and O–H groups in total. The molecule has 0 spiro atoms. The molecule has 1 unspecified atom stereocenters. The summed E-state index contributed by atoms with van der Waals surface area (Å²) in [6, 6.07) is 0.704. The predicted molar refractivity (Wildman–Crippen MR) is 55.9 cm³/mol. The smallest absolute Gasteiger partial charge is 0.0167 e. The molecule has 2 aliphatic rings. The van der Waals surface area contributed by atoms with Crippen LogP contribution in [0.1, 0.15) is 32.6 Å². The predicted octanol–water partition coefficient (Wildman–Crippen LogP) is 1.47. The highest BCUT2D eigenvalue weighted by molar-refractivity contribution is 4.78. The Morgan fingerprint density at radius 3 is 2.77 bits per heavy atom. The number of rotatable bonds is 2. The Kier molecular flexibility index (Phi) is 3.23. The van der Waals surface area contributed by atoms with Crippen LogP contribution in [0.4, 0.5) is 0 Å². The fraction of sp³-hybridized carbons (Fsp3) is 1.00. The summed E-state index contributed by atoms with van der Waals surface area (Å²) in [5.41, 5.74) is 0. The lowest BCUT2D eigenvalue weighted by Crippen LogP contribution is -2.50. The van der Waals surface area contributed by atoms with Crippen molar-refractivity contribution in [3.63, 3.8) is 0 Å². The van der Waals surface area contributed by atoms with E-state index in [1.807, 2.05) is 0 Å². The van der Waals surface area contributed by atoms with Crippen molar-refractivity contribution < 1.29 is 0 Å². The molecule has 76 valence electrons. The summed E-state index contributed by atoms with van der Waals surface area (Å²) in [6.07, 6.45) is 5.93. The van der Waals surface area contributed by atoms with Gasteiger partial charge in [-0.1, -0.05) is 12.8 Å². The van der Waals surface area contributed by atoms with E-state index in [0.717, 1.165) is 5.92 Å². The van der Waals surface area contributed by atoms with E-state index in [1.54, 1.807) is 0 Å². The third-order valence-electron chi connectivity index (χ3n) is 3.44. The Hall–Kier alpha value is -0.0800. The van der Waals surface area contributed by atoms with E-state index in [4.69, 9.17) is 0 Å². The van der Waals surface area contributed by atoms with Gasteiger partial charge in [0.15, 0.2) is 0 Å². The minimum Gasteiger partial charge on any atom is -0.312 e. The first kappa shape index (κ1) is 9.47. The summed E-state index contributed by atoms with van der Waals surface area (Å²) >= 11 is 0. The van der Waals surface area contributed by atoms with E-state index in [2.05, 4.69) is 17.1 Å². The van der Waals surface area contributed by atoms with Gasteiger partial charge in [0.2, 0.25) is 0 Å². The molecule has 0 radical (unpaired) electrons. The van der Waals surface area contributed by atoms with Crippen LogP contribution >= 0.6 is 0 Å². The van der Waals surface area contributed by atoms with Crippen LogP contribution in [0.25, 0.3) is 0 Å². The molecule has 2 nitrogen and oxygen atoms in total. The maximum atomic E-state index is 3.50. The largest absolute Gasteiger partial charge is 0.312 e. The molecule has 0 amide bonds. The van der Waals surface area contributed by atoms with Crippen LogP contribution in [0.5, 0.6) is 0 Å². The van der Waals surface area contributed by atoms with Gasteiger partial charge in [0.05, 0.1) is 0 Å². The van der Waals surface area contributed by atoms with Gasteiger partial charge in [-0.3, -0.25) is 0 Å². The number of nitrogens with zero attached hydrogens (tertiary/aromatic N) is 1. The molecule has 1 heterocycles. The molecule has 0 bridgehead atoms. The zero-order valence-electron chi connectivity index (χ0n) is 8.76. The molecule has 0 aromatic carbocycles. The van der Waals surface area contributed by atoms with Crippen LogP contribution in [-0.4, -0.2) is 37.1 Å². The maximum Gasteiger partial charge on any atom is 0.0167 e. The van der Waals surface area contributed by atoms with Crippen LogP contribution in [-0.2, 0) is 0 Å². The molecule has 1 aliphatic heterocycles. The number of nitrogens with one attached hydrogen (secondary N) is 1. The molecular formula is C11H22N2. The standard InChI is InChI=1S/C11H22N2/c1-10-8-13(7-6-12-10)9-11-4-2-3-5-11/h10-12H,2-9H2,1H3. The second-order valence-electron chi connectivity index (χ2n) is 4.77. The minimum absolute atomic E-state index is 0.704. The first-order valence-electron chi connectivity index (χ1n) is 5.80. The summed E-state index contributed by atoms with van der Waals surface area (Å²) in [5, 5.41) is 3.50. The quantitative estimate of drug-likeness (QED) is 0.695. The number of hydrogen-bond acceptors (Lipinski definition) is 2. The zero-order chi connectivity index (χ0) is 9.10. The Morgan fingerprint density at radius 2 is 2.08 bits per heavy atom. The van der Waals surface area contributed by atoms with Crippen molar-refractivity contribution >= 4 is 0 Å². The summed E-state index contributed by atoms with van der Waals surface area (Å²) in [6.45, 7) is 7.37. The monoisotopic (exact) mass is 182 g/mol. The van der Waals surface area contributed by atoms with E-state index >= 15 is 0 Å². The lowest BCUT2D eigenvalue weighted by atomic mass is 10.1. The maximum absolute atomic E-state index is 3.50. The van der Waals surface area contributed by atoms with Crippen LogP contribution in [0.15, 0.2) is 0 Å². The molecular weight excluding hydrogens is 160 g/mol. The number of hydrogen-bond donors (Lipinski definition) is 1. The van der Waals surface area contributed by atoms with Gasteiger partial charge in [0, 0.05) is 32.2 Å². The Balaban J connectivity index is 1.73. The highest BCUT2D eigenvalue weighted by Crippen LogP contribution is 2.25. The molecule has 2 fully saturated rings. The fourth-order valence-corrected chi connectivity index (χ4v) is 2.74. The third kappa shape index (κ3) is 2.68. The molecule has 13 heavy (non-hydrogen) atoms. The van der Waals surface area contributed by atoms with Gasteiger partial charge >= 0.3 is 0 Å². The van der Waals surface area contributed by atoms with Crippen molar-refractivity contribution in [2.75, 3.05) is 26.2 Å². The first-order valence-corrected chi connectivity index (χ1v) is 5.80. The van der Waals surface area contributed by atoms with Crippen molar-refractivity contribution in [3.8, 4) is 0 Å². The van der Waals surface area contributed by atoms with E-state index in [9.17, 15) is 0 Å². The van der Waals surface area contributed by atoms with Crippen molar-refractivity contribution in [3.05, 3.63) is 0 Å². The molecule has 1 aliphatic carbocycles. The molecule has 2 heteroatoms. The van der Waals surface area contributed by atoms with Crippen molar-refractivity contribution in [1.29, 1.82) is 0 Å². The Bertz CT molecular complexity index is 152. The third-order valence-corrected chi connectivity index (χ3v) is 3.44. The molecule has 1 saturated heterocycles. The van der Waals surface area contributed by atoms with Gasteiger partial charge < -0.3 is 10.2 Å². The van der Waals surface area contributed by atoms with Crippen LogP contribution in [0.3, 0.4) is 0 Å². The highest BCUT2D eigenvalue weighted by Gasteiger charge is 2.21.